The molecule has 1 unspecified atom stereocenters. The van der Waals surface area contributed by atoms with Crippen molar-refractivity contribution in [2.75, 3.05) is 47.2 Å². The van der Waals surface area contributed by atoms with Gasteiger partial charge in [-0.05, 0) is 175 Å². The predicted molar refractivity (Wildman–Crippen MR) is 465 cm³/mol. The Morgan fingerprint density at radius 2 is 0.685 bits per heavy atom. The Morgan fingerprint density at radius 3 is 0.945 bits per heavy atom. The van der Waals surface area contributed by atoms with Crippen molar-refractivity contribution in [1.29, 1.82) is 0 Å². The fourth-order valence-corrected chi connectivity index (χ4v) is 10.3. The van der Waals surface area contributed by atoms with Gasteiger partial charge in [-0.2, -0.15) is 75.8 Å². The summed E-state index contributed by atoms with van der Waals surface area (Å²) in [6.45, 7) is 2.94. The molecular formula is C88H90BBrF15N11NaO9P+. The van der Waals surface area contributed by atoms with E-state index in [-0.39, 0.29) is 91.2 Å². The van der Waals surface area contributed by atoms with Crippen molar-refractivity contribution < 1.29 is 147 Å². The summed E-state index contributed by atoms with van der Waals surface area (Å²) in [5.74, 6) is -2.36. The van der Waals surface area contributed by atoms with E-state index in [1.807, 2.05) is 77.4 Å². The van der Waals surface area contributed by atoms with E-state index >= 15 is 0 Å². The van der Waals surface area contributed by atoms with E-state index in [4.69, 9.17) is 15.9 Å². The number of pyridine rings is 4. The molecule has 0 aliphatic carbocycles. The van der Waals surface area contributed by atoms with E-state index in [1.54, 1.807) is 24.5 Å². The van der Waals surface area contributed by atoms with E-state index < -0.39 is 76.5 Å². The van der Waals surface area contributed by atoms with Gasteiger partial charge in [-0.25, -0.2) is 9.36 Å². The number of anilines is 5. The van der Waals surface area contributed by atoms with Gasteiger partial charge in [0.1, 0.15) is 0 Å². The number of nitrogens with zero attached hydrogens (tertiary/aromatic N) is 5. The van der Waals surface area contributed by atoms with Gasteiger partial charge in [-0.1, -0.05) is 120 Å². The number of aromatic carboxylic acids is 1. The first kappa shape index (κ1) is 117. The third-order valence-electron chi connectivity index (χ3n) is 16.1. The van der Waals surface area contributed by atoms with Crippen LogP contribution in [-0.4, -0.2) is 99.2 Å². The number of rotatable bonds is 14. The van der Waals surface area contributed by atoms with Gasteiger partial charge in [0.15, 0.2) is 18.9 Å². The molecule has 39 heteroatoms. The molecule has 15 N–H and O–H groups in total. The second-order valence-corrected chi connectivity index (χ2v) is 25.4. The van der Waals surface area contributed by atoms with Crippen LogP contribution in [0.1, 0.15) is 101 Å². The van der Waals surface area contributed by atoms with Crippen molar-refractivity contribution >= 4 is 92.3 Å². The number of amides is 4. The number of carboxylic acids is 1. The second kappa shape index (κ2) is 58.3. The molecule has 20 nitrogen and oxygen atoms in total. The SMILES string of the molecule is BrCc1ccccc1.C.CO.N.Nc1ccc(C(F)(F)F)cc1.O.O.O=C(Nc1ccc(C(F)(F)F)cc1)C1=CCN(Cc2ccccc2)CC1.O=C(Nc1ccc(C(F)(F)F)cc1)c1cc[n+](Cc2ccccc2)cc1.O=C(Nc1ccc(C(F)(F)F)cc1)c1ccncc1.O=C(Nc1ccc(C(F)(F)F)cc1)c1ccncc1.O=C(O)c1ccncc1.P.[B].[H-].[Na+]. The van der Waals surface area contributed by atoms with E-state index in [0.29, 0.717) is 70.2 Å². The van der Waals surface area contributed by atoms with Crippen molar-refractivity contribution in [3.05, 3.63) is 389 Å². The number of carbonyl (C=O) groups is 5. The van der Waals surface area contributed by atoms with Gasteiger partial charge in [-0.15, -0.1) is 0 Å². The number of aliphatic hydroxyl groups is 1. The zero-order valence-electron chi connectivity index (χ0n) is 68.1. The van der Waals surface area contributed by atoms with Crippen LogP contribution < -0.4 is 67.3 Å². The van der Waals surface area contributed by atoms with Crippen LogP contribution in [0.3, 0.4) is 0 Å². The van der Waals surface area contributed by atoms with Gasteiger partial charge in [0.05, 0.1) is 38.9 Å². The molecule has 1 atom stereocenters. The number of nitrogen functional groups attached to an aromatic ring is 1. The topological polar surface area (TPSA) is 344 Å². The van der Waals surface area contributed by atoms with Crippen molar-refractivity contribution in [3.63, 3.8) is 0 Å². The predicted octanol–water partition coefficient (Wildman–Crippen LogP) is 16.7. The number of hydrogen-bond donors (Lipinski definition) is 8. The van der Waals surface area contributed by atoms with Crippen molar-refractivity contribution in [3.8, 4) is 0 Å². The second-order valence-electron chi connectivity index (χ2n) is 24.8. The van der Waals surface area contributed by atoms with Crippen LogP contribution in [-0.2, 0) is 54.1 Å². The van der Waals surface area contributed by atoms with E-state index in [1.165, 1.54) is 145 Å². The molecule has 1 aliphatic rings. The molecule has 0 saturated carbocycles. The Balaban J connectivity index is -0.00000145. The summed E-state index contributed by atoms with van der Waals surface area (Å²) in [6.07, 6.45) is -7.01. The quantitative estimate of drug-likeness (QED) is 0.0125. The number of aliphatic hydroxyl groups excluding tert-OH is 1. The molecule has 8 aromatic carbocycles. The molecule has 5 heterocycles. The van der Waals surface area contributed by atoms with Gasteiger partial charge in [0, 0.05) is 141 Å². The van der Waals surface area contributed by atoms with Crippen LogP contribution >= 0.6 is 25.8 Å². The van der Waals surface area contributed by atoms with Gasteiger partial charge < -0.3 is 55.7 Å². The number of carboxylic acid groups (broad SMARTS) is 1. The van der Waals surface area contributed by atoms with E-state index in [2.05, 4.69) is 81.3 Å². The summed E-state index contributed by atoms with van der Waals surface area (Å²) in [4.78, 5) is 71.6. The molecule has 4 amide bonds. The Labute approximate surface area is 759 Å². The molecule has 0 saturated heterocycles. The maximum atomic E-state index is 12.6. The van der Waals surface area contributed by atoms with Crippen LogP contribution in [0.15, 0.2) is 322 Å². The number of aromatic nitrogens is 4. The maximum Gasteiger partial charge on any atom is 1.00 e. The molecule has 4 aromatic heterocycles. The van der Waals surface area contributed by atoms with Gasteiger partial charge >= 0.3 is 66.4 Å². The third kappa shape index (κ3) is 43.2. The van der Waals surface area contributed by atoms with Crippen molar-refractivity contribution in [2.24, 2.45) is 0 Å². The Hall–Kier alpha value is -12.0. The molecular weight excluding hydrogens is 1780 g/mol. The van der Waals surface area contributed by atoms with Crippen molar-refractivity contribution in [2.45, 2.75) is 63.1 Å². The fraction of sp³-hybridized carbons (Fsp3) is 0.148. The minimum Gasteiger partial charge on any atom is -1.00 e. The zero-order valence-corrected chi connectivity index (χ0v) is 72.1. The number of benzene rings is 8. The molecule has 0 fully saturated rings. The molecule has 671 valence electrons. The Kier molecular flexibility index (Phi) is 53.7. The van der Waals surface area contributed by atoms with Gasteiger partial charge in [0.25, 0.3) is 23.6 Å². The molecule has 127 heavy (non-hydrogen) atoms. The molecule has 0 spiro atoms. The van der Waals surface area contributed by atoms with Crippen LogP contribution in [0.4, 0.5) is 94.3 Å². The Morgan fingerprint density at radius 1 is 0.417 bits per heavy atom. The number of nitrogens with one attached hydrogen (secondary N) is 4. The monoisotopic (exact) mass is 1870 g/mol. The average molecular weight is 1880 g/mol. The molecule has 0 bridgehead atoms. The van der Waals surface area contributed by atoms with Crippen LogP contribution in [0.2, 0.25) is 0 Å². The summed E-state index contributed by atoms with van der Waals surface area (Å²) in [5.41, 5.74) is 8.94. The summed E-state index contributed by atoms with van der Waals surface area (Å²) < 4.78 is 187. The molecule has 13 rings (SSSR count). The summed E-state index contributed by atoms with van der Waals surface area (Å²) in [6, 6.07) is 64.3. The number of carbonyl (C=O) groups excluding carboxylic acids is 4. The van der Waals surface area contributed by atoms with Crippen molar-refractivity contribution in [1.82, 2.24) is 26.0 Å². The number of alkyl halides is 16. The van der Waals surface area contributed by atoms with Crippen LogP contribution in [0.25, 0.3) is 0 Å². The standard InChI is InChI=1S/C20H19F3N2O.C20H15F3N2O.2C13H9F3N2O.C7H7Br.C7H6F3N.C6H5NO2.CH4O.CH4.B.H3N.Na.2H2O.H3P.H/c2*21-20(22,23)17-6-8-18(9-7-17)24-19(26)16-10-12-25(13-11-16)14-15-4-2-1-3-5-15;2*14-13(15,16)10-1-3-11(4-2-10)18-12(19)9-5-7-17-8-6-9;8-6-7-4-2-1-3-5-7;8-7(9,10)5-1-3-6(11)4-2-5;8-6(9)5-1-3-7-4-2-5;1-2;;;;;;;;/h1-10H,11-14H2,(H,24,26);1-13H,14H2;2*1-8H,(H,18,19);1-5H,6H2;1-4H,11H2;1-4H,(H,8,9);2H,1H3;1H4;;1H3;;2*1H2;1H3;/q;;;;;;;;;;;+1;;;;-1/p+1. The zero-order chi connectivity index (χ0) is 87.9. The number of nitrogens with two attached hydrogens (primary N) is 1. The third-order valence-corrected chi connectivity index (χ3v) is 16.8. The first-order valence-electron chi connectivity index (χ1n) is 35.3. The summed E-state index contributed by atoms with van der Waals surface area (Å²) in [7, 11) is 1.00. The minimum atomic E-state index is -4.39. The van der Waals surface area contributed by atoms with Gasteiger partial charge in [0.2, 0.25) is 0 Å². The first-order valence-corrected chi connectivity index (χ1v) is 36.5. The Bertz CT molecular complexity index is 5050. The fourth-order valence-electron chi connectivity index (χ4n) is 9.94. The number of hydrogen-bond acceptors (Lipinski definition) is 12. The van der Waals surface area contributed by atoms with E-state index in [9.17, 15) is 89.8 Å². The summed E-state index contributed by atoms with van der Waals surface area (Å²) in [5, 5.41) is 26.6. The smallest absolute Gasteiger partial charge is 1.00 e. The van der Waals surface area contributed by atoms with Crippen LogP contribution in [0, 0.1) is 0 Å². The summed E-state index contributed by atoms with van der Waals surface area (Å²) >= 11 is 3.36. The van der Waals surface area contributed by atoms with E-state index in [0.717, 1.165) is 91.8 Å². The van der Waals surface area contributed by atoms with Gasteiger partial charge in [-0.3, -0.25) is 39.0 Å². The molecule has 1 aliphatic heterocycles. The molecule has 12 aromatic rings. The molecule has 3 radical (unpaired) electrons. The maximum absolute atomic E-state index is 12.6. The minimum absolute atomic E-state index is 0. The first-order chi connectivity index (χ1) is 57.0. The largest absolute Gasteiger partial charge is 1.00 e. The van der Waals surface area contributed by atoms with Crippen LogP contribution in [0.5, 0.6) is 0 Å². The number of halogens is 16. The normalized spacial score (nSPS) is 11.0. The average Bonchev–Trinajstić information content (AvgIpc) is 0.848.